The van der Waals surface area contributed by atoms with E-state index in [1.165, 1.54) is 12.2 Å². The van der Waals surface area contributed by atoms with Gasteiger partial charge in [-0.2, -0.15) is 0 Å². The van der Waals surface area contributed by atoms with Crippen LogP contribution in [0.2, 0.25) is 0 Å². The number of carbonyl (C=O) groups excluding carboxylic acids is 2. The van der Waals surface area contributed by atoms with E-state index in [-0.39, 0.29) is 36.3 Å². The normalized spacial score (nSPS) is 15.5. The molecule has 1 aliphatic heterocycles. The van der Waals surface area contributed by atoms with Crippen LogP contribution in [0.1, 0.15) is 43.0 Å². The summed E-state index contributed by atoms with van der Waals surface area (Å²) in [5.41, 5.74) is 4.35. The minimum atomic E-state index is -0.298. The topological polar surface area (TPSA) is 93.1 Å². The maximum absolute atomic E-state index is 13.5. The van der Waals surface area contributed by atoms with Gasteiger partial charge in [-0.05, 0) is 101 Å². The zero-order valence-electron chi connectivity index (χ0n) is 28.5. The molecule has 1 heterocycles. The van der Waals surface area contributed by atoms with Gasteiger partial charge in [0.1, 0.15) is 36.2 Å². The van der Waals surface area contributed by atoms with Gasteiger partial charge in [-0.25, -0.2) is 0 Å². The fourth-order valence-corrected chi connectivity index (χ4v) is 6.55. The van der Waals surface area contributed by atoms with E-state index in [9.17, 15) is 19.8 Å². The first-order chi connectivity index (χ1) is 25.3. The van der Waals surface area contributed by atoms with Gasteiger partial charge in [0.15, 0.2) is 11.6 Å². The minimum absolute atomic E-state index is 0.0451. The molecule has 256 valence electrons. The summed E-state index contributed by atoms with van der Waals surface area (Å²) in [6, 6.07) is 33.1. The summed E-state index contributed by atoms with van der Waals surface area (Å²) in [5.74, 6) is 0.258. The van der Waals surface area contributed by atoms with Crippen LogP contribution < -0.4 is 9.47 Å². The third-order valence-corrected chi connectivity index (χ3v) is 9.16. The molecule has 6 aromatic rings. The zero-order chi connectivity index (χ0) is 36.2. The van der Waals surface area contributed by atoms with E-state index < -0.39 is 0 Å². The second kappa shape index (κ2) is 14.7. The number of fused-ring (bicyclic) bond motifs is 10. The summed E-state index contributed by atoms with van der Waals surface area (Å²) in [6.45, 7) is 8.62. The van der Waals surface area contributed by atoms with E-state index in [4.69, 9.17) is 9.47 Å². The van der Waals surface area contributed by atoms with Crippen molar-refractivity contribution in [2.45, 2.75) is 12.8 Å². The first-order valence-electron chi connectivity index (χ1n) is 17.0. The average molecular weight is 685 g/mol. The van der Waals surface area contributed by atoms with Gasteiger partial charge in [-0.15, -0.1) is 0 Å². The van der Waals surface area contributed by atoms with Gasteiger partial charge in [-0.1, -0.05) is 91.5 Å². The Morgan fingerprint density at radius 2 is 0.904 bits per heavy atom. The number of ether oxygens (including phenoxy) is 2. The number of hydrogen-bond donors (Lipinski definition) is 2. The van der Waals surface area contributed by atoms with Crippen molar-refractivity contribution in [1.82, 2.24) is 0 Å². The third-order valence-electron chi connectivity index (χ3n) is 9.16. The smallest absolute Gasteiger partial charge is 0.189 e. The van der Waals surface area contributed by atoms with Crippen LogP contribution in [0.3, 0.4) is 0 Å². The third kappa shape index (κ3) is 7.00. The summed E-state index contributed by atoms with van der Waals surface area (Å²) < 4.78 is 12.0. The number of phenolic OH excluding ortho intramolecular Hbond substituents is 2. The van der Waals surface area contributed by atoms with Crippen molar-refractivity contribution in [3.05, 3.63) is 179 Å². The molecule has 0 radical (unpaired) electrons. The van der Waals surface area contributed by atoms with E-state index in [0.717, 1.165) is 27.1 Å². The van der Waals surface area contributed by atoms with Crippen LogP contribution in [0.5, 0.6) is 23.0 Å². The maximum atomic E-state index is 13.5. The monoisotopic (exact) mass is 684 g/mol. The van der Waals surface area contributed by atoms with Gasteiger partial charge < -0.3 is 19.7 Å². The summed E-state index contributed by atoms with van der Waals surface area (Å²) >= 11 is 0. The molecule has 0 aromatic heterocycles. The van der Waals surface area contributed by atoms with Crippen LogP contribution in [-0.2, 0) is 12.8 Å². The van der Waals surface area contributed by atoms with Crippen LogP contribution in [0.4, 0.5) is 0 Å². The molecule has 1 aliphatic rings. The van der Waals surface area contributed by atoms with Crippen LogP contribution in [0.25, 0.3) is 33.7 Å². The van der Waals surface area contributed by atoms with Crippen LogP contribution in [-0.4, -0.2) is 35.0 Å². The Labute approximate surface area is 301 Å². The van der Waals surface area contributed by atoms with Crippen LogP contribution in [0.15, 0.2) is 146 Å². The first kappa shape index (κ1) is 33.8. The molecule has 0 fully saturated rings. The number of phenols is 2. The number of aromatic hydroxyl groups is 2. The van der Waals surface area contributed by atoms with Gasteiger partial charge >= 0.3 is 0 Å². The molecule has 0 aliphatic carbocycles. The largest absolute Gasteiger partial charge is 0.507 e. The molecule has 0 spiro atoms. The molecule has 2 N–H and O–H groups in total. The van der Waals surface area contributed by atoms with Gasteiger partial charge in [0.2, 0.25) is 0 Å². The molecule has 0 amide bonds. The van der Waals surface area contributed by atoms with Crippen molar-refractivity contribution >= 4 is 45.3 Å². The Hall–Kier alpha value is -6.66. The summed E-state index contributed by atoms with van der Waals surface area (Å²) in [5, 5.41) is 26.8. The van der Waals surface area contributed by atoms with Gasteiger partial charge in [-0.3, -0.25) is 9.59 Å². The lowest BCUT2D eigenvalue weighted by atomic mass is 9.90. The quantitative estimate of drug-likeness (QED) is 0.155. The predicted molar refractivity (Wildman–Crippen MR) is 208 cm³/mol. The van der Waals surface area contributed by atoms with E-state index in [2.05, 4.69) is 13.2 Å². The number of rotatable bonds is 0. The Kier molecular flexibility index (Phi) is 9.54. The van der Waals surface area contributed by atoms with Crippen molar-refractivity contribution in [2.75, 3.05) is 13.2 Å². The highest BCUT2D eigenvalue weighted by Crippen LogP contribution is 2.38. The van der Waals surface area contributed by atoms with Crippen molar-refractivity contribution < 1.29 is 29.3 Å². The number of benzene rings is 6. The van der Waals surface area contributed by atoms with Gasteiger partial charge in [0.05, 0.1) is 11.1 Å². The molecule has 6 heteroatoms. The van der Waals surface area contributed by atoms with E-state index >= 15 is 0 Å². The summed E-state index contributed by atoms with van der Waals surface area (Å²) in [7, 11) is 0. The summed E-state index contributed by atoms with van der Waals surface area (Å²) in [6.07, 6.45) is 6.71. The second-order valence-electron chi connectivity index (χ2n) is 12.8. The molecule has 0 saturated carbocycles. The first-order valence-corrected chi connectivity index (χ1v) is 17.0. The van der Waals surface area contributed by atoms with E-state index in [0.29, 0.717) is 63.3 Å². The molecular weight excluding hydrogens is 649 g/mol. The lowest BCUT2D eigenvalue weighted by molar-refractivity contribution is 0.103. The van der Waals surface area contributed by atoms with Crippen molar-refractivity contribution in [1.29, 1.82) is 0 Å². The Morgan fingerprint density at radius 3 is 1.37 bits per heavy atom. The Morgan fingerprint density at radius 1 is 0.500 bits per heavy atom. The van der Waals surface area contributed by atoms with Gasteiger partial charge in [0, 0.05) is 22.3 Å². The average Bonchev–Trinajstić information content (AvgIpc) is 3.16. The van der Waals surface area contributed by atoms with E-state index in [1.807, 2.05) is 60.7 Å². The fourth-order valence-electron chi connectivity index (χ4n) is 6.55. The molecule has 0 unspecified atom stereocenters. The molecule has 6 aromatic carbocycles. The second-order valence-corrected chi connectivity index (χ2v) is 12.8. The highest BCUT2D eigenvalue weighted by Gasteiger charge is 2.18. The molecular formula is C46H36O6. The Balaban J connectivity index is 1.34. The standard InChI is InChI=1S/C46H36O6/c1-29-23-39-35-13-5-3-11-31(35)25-33(45(39)49)19-21-41(47)37-15-7-9-17-43(37)51-27-30(2)28-52-44-18-10-8-16-38(44)42(48)22-20-34-26-32-12-4-6-14-36(32)40(24-29)46(34)50/h3-22,25-26,49-50H,1-2,23-24,27-28H2/b21-19+,22-20+. The van der Waals surface area contributed by atoms with Crippen molar-refractivity contribution in [3.8, 4) is 23.0 Å². The lowest BCUT2D eigenvalue weighted by Crippen LogP contribution is -2.11. The number of ketones is 2. The molecule has 52 heavy (non-hydrogen) atoms. The van der Waals surface area contributed by atoms with Crippen molar-refractivity contribution in [3.63, 3.8) is 0 Å². The lowest BCUT2D eigenvalue weighted by Gasteiger charge is -2.16. The summed E-state index contributed by atoms with van der Waals surface area (Å²) in [4.78, 5) is 27.1. The molecule has 6 nitrogen and oxygen atoms in total. The van der Waals surface area contributed by atoms with Crippen LogP contribution in [0, 0.1) is 0 Å². The highest BCUT2D eigenvalue weighted by molar-refractivity contribution is 6.10. The molecule has 0 atom stereocenters. The number of allylic oxidation sites excluding steroid dienone is 3. The zero-order valence-corrected chi connectivity index (χ0v) is 28.5. The van der Waals surface area contributed by atoms with Crippen molar-refractivity contribution in [2.24, 2.45) is 0 Å². The molecule has 4 bridgehead atoms. The minimum Gasteiger partial charge on any atom is -0.507 e. The van der Waals surface area contributed by atoms with E-state index in [1.54, 1.807) is 60.7 Å². The fraction of sp³-hybridized carbons (Fsp3) is 0.0870. The maximum Gasteiger partial charge on any atom is 0.189 e. The predicted octanol–water partition coefficient (Wildman–Crippen LogP) is 9.87. The SMILES string of the molecule is C=C1COc2ccccc2C(=O)/C=C/c2cc3ccccc3c(c2O)CC(=C)Cc2c(O)c(cc3ccccc23)/C=C/C(=O)c2ccccc2OC1. The molecule has 7 rings (SSSR count). The number of hydrogen-bond acceptors (Lipinski definition) is 6. The highest BCUT2D eigenvalue weighted by atomic mass is 16.5. The molecule has 0 saturated heterocycles. The number of para-hydroxylation sites is 2. The van der Waals surface area contributed by atoms with Gasteiger partial charge in [0.25, 0.3) is 0 Å². The van der Waals surface area contributed by atoms with Crippen LogP contribution >= 0.6 is 0 Å². The number of carbonyl (C=O) groups is 2. The Bertz CT molecular complexity index is 2300.